The van der Waals surface area contributed by atoms with Gasteiger partial charge in [0, 0.05) is 30.6 Å². The van der Waals surface area contributed by atoms with Gasteiger partial charge in [-0.1, -0.05) is 40.7 Å². The molecule has 0 aliphatic carbocycles. The zero-order chi connectivity index (χ0) is 13.6. The van der Waals surface area contributed by atoms with E-state index in [2.05, 4.69) is 62.3 Å². The molecule has 0 aliphatic heterocycles. The Hall–Kier alpha value is -0.380. The van der Waals surface area contributed by atoms with Crippen molar-refractivity contribution >= 4 is 11.3 Å². The highest BCUT2D eigenvalue weighted by atomic mass is 32.1. The van der Waals surface area contributed by atoms with Crippen LogP contribution in [0.3, 0.4) is 0 Å². The summed E-state index contributed by atoms with van der Waals surface area (Å²) in [6, 6.07) is 4.93. The third kappa shape index (κ3) is 5.98. The summed E-state index contributed by atoms with van der Waals surface area (Å²) < 4.78 is 0. The van der Waals surface area contributed by atoms with E-state index in [1.54, 1.807) is 0 Å². The molecule has 1 N–H and O–H groups in total. The molecular formula is C15H28N2S. The maximum Gasteiger partial charge on any atom is 0.0328 e. The number of thiophene rings is 1. The minimum absolute atomic E-state index is 0.317. The van der Waals surface area contributed by atoms with Gasteiger partial charge in [-0.15, -0.1) is 11.3 Å². The van der Waals surface area contributed by atoms with E-state index >= 15 is 0 Å². The average molecular weight is 268 g/mol. The fourth-order valence-electron chi connectivity index (χ4n) is 2.04. The van der Waals surface area contributed by atoms with Gasteiger partial charge in [0.2, 0.25) is 0 Å². The first kappa shape index (κ1) is 15.7. The summed E-state index contributed by atoms with van der Waals surface area (Å²) in [5.74, 6) is 0. The third-order valence-corrected chi connectivity index (χ3v) is 3.91. The van der Waals surface area contributed by atoms with Crippen LogP contribution in [0.15, 0.2) is 17.5 Å². The summed E-state index contributed by atoms with van der Waals surface area (Å²) >= 11 is 1.85. The molecule has 0 fully saturated rings. The molecule has 0 radical (unpaired) electrons. The molecule has 3 heteroatoms. The van der Waals surface area contributed by atoms with Crippen LogP contribution in [0.2, 0.25) is 0 Å². The van der Waals surface area contributed by atoms with Crippen molar-refractivity contribution in [3.8, 4) is 0 Å². The van der Waals surface area contributed by atoms with Crippen molar-refractivity contribution in [1.82, 2.24) is 10.2 Å². The lowest BCUT2D eigenvalue weighted by Crippen LogP contribution is -2.41. The first-order chi connectivity index (χ1) is 8.43. The Morgan fingerprint density at radius 2 is 2.11 bits per heavy atom. The maximum absolute atomic E-state index is 3.55. The summed E-state index contributed by atoms with van der Waals surface area (Å²) in [4.78, 5) is 4.00. The van der Waals surface area contributed by atoms with Gasteiger partial charge in [0.05, 0.1) is 0 Å². The van der Waals surface area contributed by atoms with Gasteiger partial charge in [-0.05, 0) is 23.4 Å². The van der Waals surface area contributed by atoms with Crippen LogP contribution >= 0.6 is 11.3 Å². The normalized spacial score (nSPS) is 12.6. The van der Waals surface area contributed by atoms with Gasteiger partial charge >= 0.3 is 0 Å². The van der Waals surface area contributed by atoms with Crippen LogP contribution < -0.4 is 5.32 Å². The lowest BCUT2D eigenvalue weighted by atomic mass is 9.92. The topological polar surface area (TPSA) is 15.3 Å². The van der Waals surface area contributed by atoms with Crippen LogP contribution in [-0.4, -0.2) is 30.6 Å². The van der Waals surface area contributed by atoms with Crippen molar-refractivity contribution in [1.29, 1.82) is 0 Å². The van der Waals surface area contributed by atoms with Crippen molar-refractivity contribution in [3.05, 3.63) is 22.4 Å². The zero-order valence-corrected chi connectivity index (χ0v) is 13.3. The second-order valence-corrected chi connectivity index (χ2v) is 7.11. The number of rotatable bonds is 8. The number of hydrogen-bond donors (Lipinski definition) is 1. The summed E-state index contributed by atoms with van der Waals surface area (Å²) in [5.41, 5.74) is 0.317. The van der Waals surface area contributed by atoms with Crippen LogP contribution in [0.4, 0.5) is 0 Å². The monoisotopic (exact) mass is 268 g/mol. The van der Waals surface area contributed by atoms with Crippen molar-refractivity contribution < 1.29 is 0 Å². The van der Waals surface area contributed by atoms with Crippen LogP contribution in [-0.2, 0) is 6.54 Å². The van der Waals surface area contributed by atoms with Crippen LogP contribution in [0, 0.1) is 5.41 Å². The van der Waals surface area contributed by atoms with E-state index in [1.165, 1.54) is 4.88 Å². The van der Waals surface area contributed by atoms with Gasteiger partial charge < -0.3 is 5.32 Å². The van der Waals surface area contributed by atoms with Gasteiger partial charge in [-0.3, -0.25) is 4.90 Å². The van der Waals surface area contributed by atoms with E-state index < -0.39 is 0 Å². The SMILES string of the molecule is CCN(Cc1cccs1)CC(C)(C)CNC(C)C. The number of nitrogens with zero attached hydrogens (tertiary/aromatic N) is 1. The quantitative estimate of drug-likeness (QED) is 0.775. The van der Waals surface area contributed by atoms with E-state index in [1.807, 2.05) is 11.3 Å². The summed E-state index contributed by atoms with van der Waals surface area (Å²) in [6.07, 6.45) is 0. The zero-order valence-electron chi connectivity index (χ0n) is 12.5. The summed E-state index contributed by atoms with van der Waals surface area (Å²) in [5, 5.41) is 5.71. The Bertz CT molecular complexity index is 317. The smallest absolute Gasteiger partial charge is 0.0328 e. The molecule has 0 saturated heterocycles. The van der Waals surface area contributed by atoms with Gasteiger partial charge in [-0.2, -0.15) is 0 Å². The van der Waals surface area contributed by atoms with E-state index in [9.17, 15) is 0 Å². The van der Waals surface area contributed by atoms with E-state index in [4.69, 9.17) is 0 Å². The molecule has 1 heterocycles. The number of hydrogen-bond acceptors (Lipinski definition) is 3. The summed E-state index contributed by atoms with van der Waals surface area (Å²) in [7, 11) is 0. The minimum Gasteiger partial charge on any atom is -0.314 e. The molecule has 0 saturated carbocycles. The molecule has 0 atom stereocenters. The van der Waals surface area contributed by atoms with Crippen LogP contribution in [0.25, 0.3) is 0 Å². The molecule has 0 spiro atoms. The summed E-state index contributed by atoms with van der Waals surface area (Å²) in [6.45, 7) is 15.8. The molecule has 0 amide bonds. The molecule has 18 heavy (non-hydrogen) atoms. The standard InChI is InChI=1S/C15H28N2S/c1-6-17(10-14-8-7-9-18-14)12-15(4,5)11-16-13(2)3/h7-9,13,16H,6,10-12H2,1-5H3. The lowest BCUT2D eigenvalue weighted by Gasteiger charge is -2.32. The average Bonchev–Trinajstić information content (AvgIpc) is 2.78. The second kappa shape index (κ2) is 7.27. The predicted molar refractivity (Wildman–Crippen MR) is 82.2 cm³/mol. The number of nitrogens with one attached hydrogen (secondary N) is 1. The molecule has 0 aliphatic rings. The molecule has 2 nitrogen and oxygen atoms in total. The molecule has 0 aromatic carbocycles. The fourth-order valence-corrected chi connectivity index (χ4v) is 2.79. The Morgan fingerprint density at radius 3 is 2.61 bits per heavy atom. The van der Waals surface area contributed by atoms with Gasteiger partial charge in [-0.25, -0.2) is 0 Å². The maximum atomic E-state index is 3.55. The van der Waals surface area contributed by atoms with Crippen LogP contribution in [0.1, 0.15) is 39.5 Å². The van der Waals surface area contributed by atoms with E-state index in [0.29, 0.717) is 11.5 Å². The van der Waals surface area contributed by atoms with Crippen molar-refractivity contribution in [2.45, 2.75) is 47.2 Å². The fraction of sp³-hybridized carbons (Fsp3) is 0.733. The first-order valence-corrected chi connectivity index (χ1v) is 7.79. The highest BCUT2D eigenvalue weighted by Crippen LogP contribution is 2.19. The Balaban J connectivity index is 2.45. The van der Waals surface area contributed by atoms with Crippen molar-refractivity contribution in [2.75, 3.05) is 19.6 Å². The van der Waals surface area contributed by atoms with Crippen molar-refractivity contribution in [3.63, 3.8) is 0 Å². The highest BCUT2D eigenvalue weighted by Gasteiger charge is 2.21. The Labute approximate surface area is 116 Å². The molecular weight excluding hydrogens is 240 g/mol. The molecule has 1 aromatic heterocycles. The lowest BCUT2D eigenvalue weighted by molar-refractivity contribution is 0.173. The van der Waals surface area contributed by atoms with Gasteiger partial charge in [0.15, 0.2) is 0 Å². The van der Waals surface area contributed by atoms with E-state index in [0.717, 1.165) is 26.2 Å². The van der Waals surface area contributed by atoms with E-state index in [-0.39, 0.29) is 0 Å². The third-order valence-electron chi connectivity index (χ3n) is 3.05. The Morgan fingerprint density at radius 1 is 1.39 bits per heavy atom. The molecule has 0 bridgehead atoms. The van der Waals surface area contributed by atoms with Gasteiger partial charge in [0.25, 0.3) is 0 Å². The second-order valence-electron chi connectivity index (χ2n) is 6.08. The van der Waals surface area contributed by atoms with Crippen molar-refractivity contribution in [2.24, 2.45) is 5.41 Å². The molecule has 104 valence electrons. The first-order valence-electron chi connectivity index (χ1n) is 6.91. The molecule has 1 aromatic rings. The van der Waals surface area contributed by atoms with Crippen LogP contribution in [0.5, 0.6) is 0 Å². The largest absolute Gasteiger partial charge is 0.314 e. The van der Waals surface area contributed by atoms with Gasteiger partial charge in [0.1, 0.15) is 0 Å². The minimum atomic E-state index is 0.317. The molecule has 0 unspecified atom stereocenters. The Kier molecular flexibility index (Phi) is 6.33. The highest BCUT2D eigenvalue weighted by molar-refractivity contribution is 7.09. The predicted octanol–water partition coefficient (Wildman–Crippen LogP) is 3.59. The molecule has 1 rings (SSSR count).